The van der Waals surface area contributed by atoms with Crippen LogP contribution in [0.5, 0.6) is 0 Å². The second-order valence-corrected chi connectivity index (χ2v) is 8.33. The number of nitrogens with zero attached hydrogens (tertiary/aromatic N) is 5. The first-order valence-electron chi connectivity index (χ1n) is 9.14. The first-order valence-corrected chi connectivity index (χ1v) is 11.0. The SMILES string of the molecule is Cc1csc([C@H](C#N)C(=O)CSc2nnc(-c3ccco3)n2Cc2ccccc2)n1. The summed E-state index contributed by atoms with van der Waals surface area (Å²) < 4.78 is 7.42. The van der Waals surface area contributed by atoms with Crippen molar-refractivity contribution < 1.29 is 9.21 Å². The average molecular weight is 436 g/mol. The summed E-state index contributed by atoms with van der Waals surface area (Å²) in [6, 6.07) is 15.6. The smallest absolute Gasteiger partial charge is 0.200 e. The third-order valence-corrected chi connectivity index (χ3v) is 6.34. The van der Waals surface area contributed by atoms with E-state index in [0.29, 0.717) is 28.3 Å². The molecule has 0 spiro atoms. The summed E-state index contributed by atoms with van der Waals surface area (Å²) in [5.74, 6) is 0.218. The summed E-state index contributed by atoms with van der Waals surface area (Å²) in [7, 11) is 0. The maximum absolute atomic E-state index is 12.7. The number of nitriles is 1. The van der Waals surface area contributed by atoms with Crippen LogP contribution in [-0.2, 0) is 11.3 Å². The Hall–Kier alpha value is -3.22. The van der Waals surface area contributed by atoms with Crippen LogP contribution in [0.1, 0.15) is 22.2 Å². The van der Waals surface area contributed by atoms with Crippen molar-refractivity contribution in [1.82, 2.24) is 19.7 Å². The van der Waals surface area contributed by atoms with Crippen molar-refractivity contribution in [3.05, 3.63) is 70.4 Å². The molecule has 7 nitrogen and oxygen atoms in total. The van der Waals surface area contributed by atoms with Crippen molar-refractivity contribution >= 4 is 28.9 Å². The van der Waals surface area contributed by atoms with Gasteiger partial charge in [-0.2, -0.15) is 5.26 Å². The summed E-state index contributed by atoms with van der Waals surface area (Å²) in [6.45, 7) is 2.38. The Morgan fingerprint density at radius 1 is 1.27 bits per heavy atom. The number of Topliss-reactive ketones (excluding diaryl/α,β-unsaturated/α-hetero) is 1. The molecule has 1 aromatic carbocycles. The quantitative estimate of drug-likeness (QED) is 0.380. The average Bonchev–Trinajstić information content (AvgIpc) is 3.50. The van der Waals surface area contributed by atoms with Gasteiger partial charge in [-0.15, -0.1) is 21.5 Å². The van der Waals surface area contributed by atoms with Crippen molar-refractivity contribution in [3.63, 3.8) is 0 Å². The minimum Gasteiger partial charge on any atom is -0.461 e. The van der Waals surface area contributed by atoms with Gasteiger partial charge in [0.1, 0.15) is 5.01 Å². The third kappa shape index (κ3) is 4.35. The Kier molecular flexibility index (Phi) is 6.07. The van der Waals surface area contributed by atoms with Crippen molar-refractivity contribution in [2.45, 2.75) is 24.5 Å². The molecule has 0 saturated heterocycles. The van der Waals surface area contributed by atoms with Crippen LogP contribution in [0, 0.1) is 18.3 Å². The number of rotatable bonds is 8. The number of ketones is 1. The lowest BCUT2D eigenvalue weighted by atomic mass is 10.1. The summed E-state index contributed by atoms with van der Waals surface area (Å²) >= 11 is 2.59. The molecule has 4 rings (SSSR count). The minimum atomic E-state index is -0.869. The number of thiazole rings is 1. The van der Waals surface area contributed by atoms with E-state index in [1.54, 1.807) is 12.3 Å². The number of hydrogen-bond donors (Lipinski definition) is 0. The van der Waals surface area contributed by atoms with Crippen LogP contribution >= 0.6 is 23.1 Å². The lowest BCUT2D eigenvalue weighted by Crippen LogP contribution is -2.14. The van der Waals surface area contributed by atoms with Crippen LogP contribution in [0.4, 0.5) is 0 Å². The van der Waals surface area contributed by atoms with E-state index in [9.17, 15) is 10.1 Å². The Morgan fingerprint density at radius 3 is 2.77 bits per heavy atom. The predicted octanol–water partition coefficient (Wildman–Crippen LogP) is 4.32. The van der Waals surface area contributed by atoms with E-state index in [0.717, 1.165) is 11.3 Å². The molecule has 0 aliphatic rings. The lowest BCUT2D eigenvalue weighted by molar-refractivity contribution is -0.116. The van der Waals surface area contributed by atoms with Crippen LogP contribution < -0.4 is 0 Å². The van der Waals surface area contributed by atoms with Gasteiger partial charge in [0.2, 0.25) is 5.82 Å². The molecule has 0 fully saturated rings. The standard InChI is InChI=1S/C21H17N5O2S2/c1-14-12-29-20(23-14)16(10-22)17(27)13-30-21-25-24-19(18-8-5-9-28-18)26(21)11-15-6-3-2-4-7-15/h2-9,12,16H,11,13H2,1H3/t16-/m1/s1. The van der Waals surface area contributed by atoms with Crippen molar-refractivity contribution in [1.29, 1.82) is 5.26 Å². The second-order valence-electron chi connectivity index (χ2n) is 6.50. The molecule has 0 radical (unpaired) electrons. The van der Waals surface area contributed by atoms with Gasteiger partial charge in [-0.25, -0.2) is 4.98 Å². The fraction of sp³-hybridized carbons (Fsp3) is 0.190. The molecule has 3 heterocycles. The molecular formula is C21H17N5O2S2. The topological polar surface area (TPSA) is 97.6 Å². The first kappa shape index (κ1) is 20.1. The number of thioether (sulfide) groups is 1. The second kappa shape index (κ2) is 9.07. The molecular weight excluding hydrogens is 418 g/mol. The maximum Gasteiger partial charge on any atom is 0.200 e. The first-order chi connectivity index (χ1) is 14.7. The Bertz CT molecular complexity index is 1180. The molecule has 0 unspecified atom stereocenters. The van der Waals surface area contributed by atoms with E-state index in [-0.39, 0.29) is 11.5 Å². The van der Waals surface area contributed by atoms with Gasteiger partial charge in [-0.3, -0.25) is 9.36 Å². The van der Waals surface area contributed by atoms with Crippen LogP contribution in [0.25, 0.3) is 11.6 Å². The molecule has 1 atom stereocenters. The Morgan fingerprint density at radius 2 is 2.10 bits per heavy atom. The highest BCUT2D eigenvalue weighted by Crippen LogP contribution is 2.28. The zero-order valence-electron chi connectivity index (χ0n) is 16.1. The van der Waals surface area contributed by atoms with Crippen molar-refractivity contribution in [2.24, 2.45) is 0 Å². The minimum absolute atomic E-state index is 0.0991. The van der Waals surface area contributed by atoms with Gasteiger partial charge < -0.3 is 4.42 Å². The molecule has 0 saturated carbocycles. The molecule has 0 aliphatic heterocycles. The van der Waals surface area contributed by atoms with E-state index < -0.39 is 5.92 Å². The molecule has 9 heteroatoms. The fourth-order valence-corrected chi connectivity index (χ4v) is 4.59. The zero-order valence-corrected chi connectivity index (χ0v) is 17.7. The van der Waals surface area contributed by atoms with E-state index in [1.165, 1.54) is 23.1 Å². The van der Waals surface area contributed by atoms with Crippen LogP contribution in [-0.4, -0.2) is 31.3 Å². The van der Waals surface area contributed by atoms with Crippen LogP contribution in [0.15, 0.2) is 63.7 Å². The molecule has 0 aliphatic carbocycles. The molecule has 4 aromatic rings. The molecule has 0 amide bonds. The van der Waals surface area contributed by atoms with E-state index in [1.807, 2.05) is 53.3 Å². The van der Waals surface area contributed by atoms with Gasteiger partial charge in [0, 0.05) is 11.1 Å². The van der Waals surface area contributed by atoms with Gasteiger partial charge >= 0.3 is 0 Å². The predicted molar refractivity (Wildman–Crippen MR) is 114 cm³/mol. The molecule has 3 aromatic heterocycles. The van der Waals surface area contributed by atoms with Crippen molar-refractivity contribution in [2.75, 3.05) is 5.75 Å². The number of carbonyl (C=O) groups excluding carboxylic acids is 1. The van der Waals surface area contributed by atoms with Crippen LogP contribution in [0.3, 0.4) is 0 Å². The van der Waals surface area contributed by atoms with Gasteiger partial charge in [0.15, 0.2) is 22.6 Å². The lowest BCUT2D eigenvalue weighted by Gasteiger charge is -2.10. The fourth-order valence-electron chi connectivity index (χ4n) is 2.88. The van der Waals surface area contributed by atoms with Gasteiger partial charge in [0.25, 0.3) is 0 Å². The zero-order chi connectivity index (χ0) is 20.9. The number of aromatic nitrogens is 4. The number of carbonyl (C=O) groups is 1. The highest BCUT2D eigenvalue weighted by Gasteiger charge is 2.25. The van der Waals surface area contributed by atoms with E-state index >= 15 is 0 Å². The number of benzene rings is 1. The van der Waals surface area contributed by atoms with Gasteiger partial charge in [0.05, 0.1) is 24.6 Å². The highest BCUT2D eigenvalue weighted by molar-refractivity contribution is 7.99. The summed E-state index contributed by atoms with van der Waals surface area (Å²) in [6.07, 6.45) is 1.58. The normalized spacial score (nSPS) is 11.9. The monoisotopic (exact) mass is 435 g/mol. The van der Waals surface area contributed by atoms with Gasteiger partial charge in [-0.05, 0) is 24.6 Å². The van der Waals surface area contributed by atoms with Crippen LogP contribution in [0.2, 0.25) is 0 Å². The maximum atomic E-state index is 12.7. The summed E-state index contributed by atoms with van der Waals surface area (Å²) in [5, 5.41) is 21.0. The number of aryl methyl sites for hydroxylation is 1. The number of furan rings is 1. The van der Waals surface area contributed by atoms with E-state index in [4.69, 9.17) is 4.42 Å². The molecule has 150 valence electrons. The molecule has 30 heavy (non-hydrogen) atoms. The number of hydrogen-bond acceptors (Lipinski definition) is 8. The molecule has 0 bridgehead atoms. The Labute approximate surface area is 181 Å². The highest BCUT2D eigenvalue weighted by atomic mass is 32.2. The van der Waals surface area contributed by atoms with Gasteiger partial charge in [-0.1, -0.05) is 42.1 Å². The molecule has 0 N–H and O–H groups in total. The van der Waals surface area contributed by atoms with Crippen molar-refractivity contribution in [3.8, 4) is 17.7 Å². The summed E-state index contributed by atoms with van der Waals surface area (Å²) in [4.78, 5) is 17.0. The Balaban J connectivity index is 1.56. The largest absolute Gasteiger partial charge is 0.461 e. The summed E-state index contributed by atoms with van der Waals surface area (Å²) in [5.41, 5.74) is 1.88. The van der Waals surface area contributed by atoms with E-state index in [2.05, 4.69) is 21.3 Å². The third-order valence-electron chi connectivity index (χ3n) is 4.32.